The Hall–Kier alpha value is -2.82. The molecule has 0 unspecified atom stereocenters. The van der Waals surface area contributed by atoms with Crippen LogP contribution in [0, 0.1) is 17.3 Å². The van der Waals surface area contributed by atoms with Crippen LogP contribution in [0.5, 0.6) is 0 Å². The molecule has 2 atom stereocenters. The van der Waals surface area contributed by atoms with Gasteiger partial charge in [0.05, 0.1) is 12.2 Å². The van der Waals surface area contributed by atoms with Crippen LogP contribution in [-0.4, -0.2) is 11.8 Å². The van der Waals surface area contributed by atoms with Crippen LogP contribution in [0.15, 0.2) is 58.7 Å². The molecule has 1 aliphatic rings. The monoisotopic (exact) mass is 366 g/mol. The summed E-state index contributed by atoms with van der Waals surface area (Å²) in [5.74, 6) is 0.408. The van der Waals surface area contributed by atoms with Gasteiger partial charge in [0.1, 0.15) is 0 Å². The van der Waals surface area contributed by atoms with Gasteiger partial charge in [-0.3, -0.25) is 9.59 Å². The minimum atomic E-state index is -0.290. The summed E-state index contributed by atoms with van der Waals surface area (Å²) in [6.45, 7) is 8.88. The molecule has 1 saturated carbocycles. The van der Waals surface area contributed by atoms with Crippen molar-refractivity contribution in [2.75, 3.05) is 5.32 Å². The van der Waals surface area contributed by atoms with Crippen molar-refractivity contribution in [1.29, 1.82) is 0 Å². The Kier molecular flexibility index (Phi) is 5.22. The van der Waals surface area contributed by atoms with Crippen LogP contribution in [0.4, 0.5) is 5.69 Å². The summed E-state index contributed by atoms with van der Waals surface area (Å²) < 4.78 is 5.07. The number of furan rings is 1. The lowest BCUT2D eigenvalue weighted by Gasteiger charge is -2.08. The number of hydrogen-bond acceptors (Lipinski definition) is 3. The summed E-state index contributed by atoms with van der Waals surface area (Å²) in [6.07, 6.45) is 3.66. The molecule has 5 nitrogen and oxygen atoms in total. The molecule has 27 heavy (non-hydrogen) atoms. The topological polar surface area (TPSA) is 71.3 Å². The largest absolute Gasteiger partial charge is 0.459 e. The Labute approximate surface area is 159 Å². The van der Waals surface area contributed by atoms with Crippen LogP contribution >= 0.6 is 0 Å². The molecule has 2 aromatic rings. The van der Waals surface area contributed by atoms with E-state index in [-0.39, 0.29) is 28.9 Å². The van der Waals surface area contributed by atoms with E-state index in [1.54, 1.807) is 12.1 Å². The van der Waals surface area contributed by atoms with Crippen LogP contribution in [0.1, 0.15) is 43.8 Å². The first-order chi connectivity index (χ1) is 12.8. The van der Waals surface area contributed by atoms with Crippen LogP contribution in [0.2, 0.25) is 0 Å². The molecular weight excluding hydrogens is 340 g/mol. The summed E-state index contributed by atoms with van der Waals surface area (Å²) in [5.41, 5.74) is 2.92. The summed E-state index contributed by atoms with van der Waals surface area (Å²) >= 11 is 0. The summed E-state index contributed by atoms with van der Waals surface area (Å²) in [5, 5.41) is 5.80. The Morgan fingerprint density at radius 2 is 1.85 bits per heavy atom. The number of amides is 2. The second kappa shape index (κ2) is 7.43. The zero-order valence-electron chi connectivity index (χ0n) is 16.2. The molecule has 0 radical (unpaired) electrons. The van der Waals surface area contributed by atoms with Gasteiger partial charge in [0.25, 0.3) is 5.91 Å². The van der Waals surface area contributed by atoms with Crippen molar-refractivity contribution in [2.24, 2.45) is 17.3 Å². The average Bonchev–Trinajstić information content (AvgIpc) is 2.99. The van der Waals surface area contributed by atoms with Crippen molar-refractivity contribution in [3.8, 4) is 0 Å². The third-order valence-electron chi connectivity index (χ3n) is 5.13. The molecule has 0 spiro atoms. The van der Waals surface area contributed by atoms with Gasteiger partial charge in [-0.05, 0) is 55.0 Å². The Morgan fingerprint density at radius 3 is 2.44 bits per heavy atom. The van der Waals surface area contributed by atoms with Gasteiger partial charge < -0.3 is 15.1 Å². The van der Waals surface area contributed by atoms with Gasteiger partial charge >= 0.3 is 0 Å². The lowest BCUT2D eigenvalue weighted by atomic mass is 10.1. The standard InChI is InChI=1S/C22H26N2O3/c1-14(2)12-17-19(22(17,3)4)21(26)23-13-15-7-9-16(10-8-15)24-20(25)18-6-5-11-27-18/h5-12,17,19H,13H2,1-4H3,(H,23,26)(H,24,25)/t17-,19+/m1/s1. The van der Waals surface area contributed by atoms with E-state index < -0.39 is 0 Å². The van der Waals surface area contributed by atoms with Crippen LogP contribution in [-0.2, 0) is 11.3 Å². The predicted molar refractivity (Wildman–Crippen MR) is 105 cm³/mol. The molecule has 1 aromatic carbocycles. The highest BCUT2D eigenvalue weighted by molar-refractivity contribution is 6.02. The SMILES string of the molecule is CC(C)=C[C@@H]1[C@@H](C(=O)NCc2ccc(NC(=O)c3ccco3)cc2)C1(C)C. The predicted octanol–water partition coefficient (Wildman–Crippen LogP) is 4.39. The Balaban J connectivity index is 1.52. The zero-order valence-corrected chi connectivity index (χ0v) is 16.2. The van der Waals surface area contributed by atoms with Gasteiger partial charge in [-0.1, -0.05) is 37.6 Å². The summed E-state index contributed by atoms with van der Waals surface area (Å²) in [7, 11) is 0. The maximum Gasteiger partial charge on any atom is 0.291 e. The highest BCUT2D eigenvalue weighted by Gasteiger charge is 2.60. The minimum Gasteiger partial charge on any atom is -0.459 e. The summed E-state index contributed by atoms with van der Waals surface area (Å²) in [4.78, 5) is 24.5. The van der Waals surface area contributed by atoms with Gasteiger partial charge in [-0.2, -0.15) is 0 Å². The van der Waals surface area contributed by atoms with Crippen LogP contribution in [0.3, 0.4) is 0 Å². The number of benzene rings is 1. The van der Waals surface area contributed by atoms with E-state index in [4.69, 9.17) is 4.42 Å². The average molecular weight is 366 g/mol. The maximum absolute atomic E-state index is 12.5. The highest BCUT2D eigenvalue weighted by Crippen LogP contribution is 2.59. The van der Waals surface area contributed by atoms with E-state index in [1.807, 2.05) is 24.3 Å². The first-order valence-corrected chi connectivity index (χ1v) is 9.15. The fraction of sp³-hybridized carbons (Fsp3) is 0.364. The molecule has 0 aliphatic heterocycles. The highest BCUT2D eigenvalue weighted by atomic mass is 16.3. The van der Waals surface area contributed by atoms with Crippen molar-refractivity contribution in [3.05, 3.63) is 65.6 Å². The quantitative estimate of drug-likeness (QED) is 0.745. The minimum absolute atomic E-state index is 0.0152. The molecule has 2 N–H and O–H groups in total. The van der Waals surface area contributed by atoms with Crippen molar-refractivity contribution in [1.82, 2.24) is 5.32 Å². The molecule has 1 aliphatic carbocycles. The van der Waals surface area contributed by atoms with E-state index >= 15 is 0 Å². The maximum atomic E-state index is 12.5. The van der Waals surface area contributed by atoms with E-state index in [0.29, 0.717) is 18.2 Å². The number of nitrogens with one attached hydrogen (secondary N) is 2. The van der Waals surface area contributed by atoms with Crippen molar-refractivity contribution < 1.29 is 14.0 Å². The molecule has 0 saturated heterocycles. The molecule has 0 bridgehead atoms. The fourth-order valence-corrected chi connectivity index (χ4v) is 3.45. The lowest BCUT2D eigenvalue weighted by Crippen LogP contribution is -2.26. The van der Waals surface area contributed by atoms with Gasteiger partial charge in [0, 0.05) is 12.2 Å². The number of anilines is 1. The van der Waals surface area contributed by atoms with Crippen molar-refractivity contribution in [2.45, 2.75) is 34.2 Å². The molecule has 142 valence electrons. The first kappa shape index (κ1) is 19.0. The molecule has 1 aromatic heterocycles. The van der Waals surface area contributed by atoms with Gasteiger partial charge in [-0.15, -0.1) is 0 Å². The zero-order chi connectivity index (χ0) is 19.6. The molecule has 3 rings (SSSR count). The number of carbonyl (C=O) groups is 2. The number of allylic oxidation sites excluding steroid dienone is 2. The lowest BCUT2D eigenvalue weighted by molar-refractivity contribution is -0.123. The normalized spacial score (nSPS) is 19.9. The van der Waals surface area contributed by atoms with Crippen molar-refractivity contribution in [3.63, 3.8) is 0 Å². The van der Waals surface area contributed by atoms with E-state index in [0.717, 1.165) is 5.56 Å². The second-order valence-electron chi connectivity index (χ2n) is 7.91. The van der Waals surface area contributed by atoms with Gasteiger partial charge in [0.2, 0.25) is 5.91 Å². The molecule has 5 heteroatoms. The van der Waals surface area contributed by atoms with E-state index in [9.17, 15) is 9.59 Å². The number of hydrogen-bond donors (Lipinski definition) is 2. The number of rotatable bonds is 6. The van der Waals surface area contributed by atoms with Gasteiger partial charge in [0.15, 0.2) is 5.76 Å². The Bertz CT molecular complexity index is 844. The Morgan fingerprint density at radius 1 is 1.15 bits per heavy atom. The van der Waals surface area contributed by atoms with Crippen molar-refractivity contribution >= 4 is 17.5 Å². The smallest absolute Gasteiger partial charge is 0.291 e. The van der Waals surface area contributed by atoms with Gasteiger partial charge in [-0.25, -0.2) is 0 Å². The third-order valence-corrected chi connectivity index (χ3v) is 5.13. The molecule has 1 fully saturated rings. The number of carbonyl (C=O) groups excluding carboxylic acids is 2. The molecule has 2 amide bonds. The van der Waals surface area contributed by atoms with Crippen LogP contribution in [0.25, 0.3) is 0 Å². The van der Waals surface area contributed by atoms with E-state index in [2.05, 4.69) is 44.4 Å². The fourth-order valence-electron chi connectivity index (χ4n) is 3.45. The third kappa shape index (κ3) is 4.30. The summed E-state index contributed by atoms with van der Waals surface area (Å²) in [6, 6.07) is 10.7. The molecule has 1 heterocycles. The second-order valence-corrected chi connectivity index (χ2v) is 7.91. The van der Waals surface area contributed by atoms with Crippen LogP contribution < -0.4 is 10.6 Å². The molecular formula is C22H26N2O3. The van der Waals surface area contributed by atoms with E-state index in [1.165, 1.54) is 11.8 Å². The first-order valence-electron chi connectivity index (χ1n) is 9.15.